The molecule has 0 aliphatic heterocycles. The van der Waals surface area contributed by atoms with Crippen LogP contribution in [0.2, 0.25) is 0 Å². The maximum atomic E-state index is 13.7. The van der Waals surface area contributed by atoms with Crippen LogP contribution in [0.5, 0.6) is 5.75 Å². The van der Waals surface area contributed by atoms with Gasteiger partial charge < -0.3 is 10.1 Å². The van der Waals surface area contributed by atoms with Crippen molar-refractivity contribution >= 4 is 11.6 Å². The van der Waals surface area contributed by atoms with Gasteiger partial charge in [-0.05, 0) is 48.2 Å². The number of hydrogen-bond donors (Lipinski definition) is 1. The lowest BCUT2D eigenvalue weighted by molar-refractivity contribution is -0.117. The Hall–Kier alpha value is -2.50. The molecule has 1 aliphatic rings. The van der Waals surface area contributed by atoms with Crippen LogP contribution in [0.25, 0.3) is 0 Å². The van der Waals surface area contributed by atoms with Gasteiger partial charge in [-0.2, -0.15) is 8.78 Å². The van der Waals surface area contributed by atoms with E-state index in [4.69, 9.17) is 0 Å². The second-order valence-electron chi connectivity index (χ2n) is 5.36. The molecule has 3 rings (SSSR count). The number of nitrogens with one attached hydrogen (secondary N) is 1. The second kappa shape index (κ2) is 6.32. The van der Waals surface area contributed by atoms with E-state index in [-0.39, 0.29) is 29.3 Å². The summed E-state index contributed by atoms with van der Waals surface area (Å²) in [5.74, 6) is -0.878. The maximum Gasteiger partial charge on any atom is 0.387 e. The number of benzene rings is 2. The number of rotatable bonds is 5. The van der Waals surface area contributed by atoms with Gasteiger partial charge >= 0.3 is 6.61 Å². The molecule has 1 N–H and O–H groups in total. The largest absolute Gasteiger partial charge is 0.435 e. The molecule has 6 heteroatoms. The molecule has 1 fully saturated rings. The Labute approximate surface area is 131 Å². The molecular weight excluding hydrogens is 307 g/mol. The van der Waals surface area contributed by atoms with Crippen molar-refractivity contribution in [2.45, 2.75) is 19.0 Å². The van der Waals surface area contributed by atoms with Gasteiger partial charge in [0.1, 0.15) is 11.6 Å². The summed E-state index contributed by atoms with van der Waals surface area (Å²) >= 11 is 0. The Morgan fingerprint density at radius 1 is 1.13 bits per heavy atom. The van der Waals surface area contributed by atoms with Crippen LogP contribution in [0.4, 0.5) is 18.9 Å². The summed E-state index contributed by atoms with van der Waals surface area (Å²) in [7, 11) is 0. The van der Waals surface area contributed by atoms with Crippen molar-refractivity contribution in [3.63, 3.8) is 0 Å². The third-order valence-corrected chi connectivity index (χ3v) is 3.78. The predicted molar refractivity (Wildman–Crippen MR) is 79.0 cm³/mol. The Bertz CT molecular complexity index is 703. The monoisotopic (exact) mass is 321 g/mol. The van der Waals surface area contributed by atoms with E-state index in [1.165, 1.54) is 30.3 Å². The van der Waals surface area contributed by atoms with Gasteiger partial charge in [0.2, 0.25) is 5.91 Å². The van der Waals surface area contributed by atoms with Gasteiger partial charge in [-0.15, -0.1) is 0 Å². The van der Waals surface area contributed by atoms with Crippen LogP contribution in [-0.4, -0.2) is 12.5 Å². The highest BCUT2D eigenvalue weighted by molar-refractivity contribution is 5.95. The van der Waals surface area contributed by atoms with E-state index < -0.39 is 6.61 Å². The van der Waals surface area contributed by atoms with Crippen LogP contribution in [0, 0.1) is 11.7 Å². The topological polar surface area (TPSA) is 38.3 Å². The molecule has 1 saturated carbocycles. The molecule has 0 saturated heterocycles. The van der Waals surface area contributed by atoms with E-state index in [2.05, 4.69) is 10.1 Å². The number of carbonyl (C=O) groups is 1. The van der Waals surface area contributed by atoms with Crippen molar-refractivity contribution in [3.8, 4) is 5.75 Å². The molecule has 2 atom stereocenters. The number of carbonyl (C=O) groups excluding carboxylic acids is 1. The molecule has 2 aromatic rings. The van der Waals surface area contributed by atoms with Crippen LogP contribution < -0.4 is 10.1 Å². The van der Waals surface area contributed by atoms with Gasteiger partial charge in [0.25, 0.3) is 0 Å². The van der Waals surface area contributed by atoms with Crippen molar-refractivity contribution in [3.05, 3.63) is 59.9 Å². The molecular formula is C17H14F3NO2. The Morgan fingerprint density at radius 2 is 1.83 bits per heavy atom. The van der Waals surface area contributed by atoms with E-state index in [1.54, 1.807) is 18.2 Å². The molecule has 1 aliphatic carbocycles. The molecule has 3 nitrogen and oxygen atoms in total. The molecule has 0 bridgehead atoms. The molecule has 2 unspecified atom stereocenters. The van der Waals surface area contributed by atoms with E-state index in [0.717, 1.165) is 0 Å². The summed E-state index contributed by atoms with van der Waals surface area (Å²) in [5.41, 5.74) is 1.03. The SMILES string of the molecule is O=C(Nc1ccc(OC(F)F)cc1)C1CC1c1ccccc1F. The van der Waals surface area contributed by atoms with Crippen molar-refractivity contribution in [2.75, 3.05) is 5.32 Å². The highest BCUT2D eigenvalue weighted by atomic mass is 19.3. The minimum atomic E-state index is -2.89. The molecule has 120 valence electrons. The molecule has 0 radical (unpaired) electrons. The minimum absolute atomic E-state index is 0.0219. The van der Waals surface area contributed by atoms with Crippen molar-refractivity contribution in [2.24, 2.45) is 5.92 Å². The summed E-state index contributed by atoms with van der Waals surface area (Å²) in [6, 6.07) is 12.1. The van der Waals surface area contributed by atoms with Gasteiger partial charge in [-0.3, -0.25) is 4.79 Å². The highest BCUT2D eigenvalue weighted by Crippen LogP contribution is 2.48. The minimum Gasteiger partial charge on any atom is -0.435 e. The third kappa shape index (κ3) is 3.64. The number of ether oxygens (including phenoxy) is 1. The fourth-order valence-corrected chi connectivity index (χ4v) is 2.56. The normalized spacial score (nSPS) is 19.5. The quantitative estimate of drug-likeness (QED) is 0.897. The van der Waals surface area contributed by atoms with E-state index >= 15 is 0 Å². The summed E-state index contributed by atoms with van der Waals surface area (Å²) in [6.45, 7) is -2.89. The first-order valence-electron chi connectivity index (χ1n) is 7.15. The van der Waals surface area contributed by atoms with Crippen molar-refractivity contribution in [1.29, 1.82) is 0 Å². The Kier molecular flexibility index (Phi) is 4.23. The van der Waals surface area contributed by atoms with Gasteiger partial charge in [-0.25, -0.2) is 4.39 Å². The summed E-state index contributed by atoms with van der Waals surface area (Å²) in [6.07, 6.45) is 0.597. The van der Waals surface area contributed by atoms with E-state index in [0.29, 0.717) is 17.7 Å². The lowest BCUT2D eigenvalue weighted by Gasteiger charge is -2.07. The average molecular weight is 321 g/mol. The molecule has 0 heterocycles. The maximum absolute atomic E-state index is 13.7. The Morgan fingerprint density at radius 3 is 2.48 bits per heavy atom. The van der Waals surface area contributed by atoms with Crippen LogP contribution in [0.1, 0.15) is 17.9 Å². The zero-order valence-corrected chi connectivity index (χ0v) is 12.0. The fourth-order valence-electron chi connectivity index (χ4n) is 2.56. The molecule has 0 aromatic heterocycles. The molecule has 23 heavy (non-hydrogen) atoms. The fraction of sp³-hybridized carbons (Fsp3) is 0.235. The molecule has 0 spiro atoms. The second-order valence-corrected chi connectivity index (χ2v) is 5.36. The van der Waals surface area contributed by atoms with Crippen molar-refractivity contribution in [1.82, 2.24) is 0 Å². The van der Waals surface area contributed by atoms with Crippen molar-refractivity contribution < 1.29 is 22.7 Å². The van der Waals surface area contributed by atoms with E-state index in [1.807, 2.05) is 0 Å². The standard InChI is InChI=1S/C17H14F3NO2/c18-15-4-2-1-3-12(15)13-9-14(13)16(22)21-10-5-7-11(8-6-10)23-17(19)20/h1-8,13-14,17H,9H2,(H,21,22). The molecule has 1 amide bonds. The number of halogens is 3. The molecule has 2 aromatic carbocycles. The van der Waals surface area contributed by atoms with Crippen LogP contribution in [0.3, 0.4) is 0 Å². The zero-order valence-electron chi connectivity index (χ0n) is 12.0. The summed E-state index contributed by atoms with van der Waals surface area (Å²) in [4.78, 5) is 12.1. The smallest absolute Gasteiger partial charge is 0.387 e. The number of hydrogen-bond acceptors (Lipinski definition) is 2. The van der Waals surface area contributed by atoms with Crippen LogP contribution in [-0.2, 0) is 4.79 Å². The average Bonchev–Trinajstić information content (AvgIpc) is 3.30. The van der Waals surface area contributed by atoms with Gasteiger partial charge in [0.15, 0.2) is 0 Å². The van der Waals surface area contributed by atoms with Gasteiger partial charge in [0, 0.05) is 11.6 Å². The van der Waals surface area contributed by atoms with Gasteiger partial charge in [-0.1, -0.05) is 18.2 Å². The summed E-state index contributed by atoms with van der Waals surface area (Å²) < 4.78 is 42.0. The predicted octanol–water partition coefficient (Wildman–Crippen LogP) is 4.17. The Balaban J connectivity index is 1.59. The first-order valence-corrected chi connectivity index (χ1v) is 7.15. The number of alkyl halides is 2. The number of amides is 1. The lowest BCUT2D eigenvalue weighted by Crippen LogP contribution is -2.14. The van der Waals surface area contributed by atoms with Gasteiger partial charge in [0.05, 0.1) is 0 Å². The third-order valence-electron chi connectivity index (χ3n) is 3.78. The zero-order chi connectivity index (χ0) is 16.4. The summed E-state index contributed by atoms with van der Waals surface area (Å²) in [5, 5.41) is 2.70. The van der Waals surface area contributed by atoms with E-state index in [9.17, 15) is 18.0 Å². The highest BCUT2D eigenvalue weighted by Gasteiger charge is 2.45. The first kappa shape index (κ1) is 15.4. The van der Waals surface area contributed by atoms with Crippen LogP contribution >= 0.6 is 0 Å². The number of anilines is 1. The lowest BCUT2D eigenvalue weighted by atomic mass is 10.1. The first-order chi connectivity index (χ1) is 11.0. The van der Waals surface area contributed by atoms with Crippen LogP contribution in [0.15, 0.2) is 48.5 Å².